The summed E-state index contributed by atoms with van der Waals surface area (Å²) in [6, 6.07) is 9.53. The van der Waals surface area contributed by atoms with Crippen LogP contribution in [0.5, 0.6) is 0 Å². The van der Waals surface area contributed by atoms with E-state index in [2.05, 4.69) is 5.10 Å². The fraction of sp³-hybridized carbons (Fsp3) is 0.407. The van der Waals surface area contributed by atoms with Gasteiger partial charge in [0.25, 0.3) is 0 Å². The van der Waals surface area contributed by atoms with Gasteiger partial charge in [-0.15, -0.1) is 0 Å². The zero-order valence-electron chi connectivity index (χ0n) is 21.0. The zero-order chi connectivity index (χ0) is 26.5. The molecule has 0 N–H and O–H groups in total. The standard InChI is InChI=1S/C27H29F4N5O/c1-17-7-6-10-23(28)24(17)34-13-11-20(12-14-34)36-18(2)21-16-33(3)32-25(21)35(26(36)37)15-19-8-4-5-9-22(19)27(29,30)31/h4-10,16,18,20H,11-15H2,1-3H3/t18-/m1/s1. The Bertz CT molecular complexity index is 1290. The maximum Gasteiger partial charge on any atom is 0.416 e. The van der Waals surface area contributed by atoms with Crippen molar-refractivity contribution in [2.75, 3.05) is 22.9 Å². The number of urea groups is 1. The Kier molecular flexibility index (Phi) is 6.37. The molecule has 0 radical (unpaired) electrons. The normalized spacial score (nSPS) is 18.9. The summed E-state index contributed by atoms with van der Waals surface area (Å²) in [6.45, 7) is 4.70. The van der Waals surface area contributed by atoms with Gasteiger partial charge in [-0.3, -0.25) is 9.58 Å². The average molecular weight is 516 g/mol. The summed E-state index contributed by atoms with van der Waals surface area (Å²) in [5.41, 5.74) is 1.48. The second kappa shape index (κ2) is 9.39. The highest BCUT2D eigenvalue weighted by atomic mass is 19.4. The summed E-state index contributed by atoms with van der Waals surface area (Å²) in [6.07, 6.45) is -1.48. The quantitative estimate of drug-likeness (QED) is 0.397. The number of piperidine rings is 1. The summed E-state index contributed by atoms with van der Waals surface area (Å²) in [4.78, 5) is 19.0. The third-order valence-corrected chi connectivity index (χ3v) is 7.43. The molecule has 1 fully saturated rings. The number of carbonyl (C=O) groups is 1. The second-order valence-electron chi connectivity index (χ2n) is 9.81. The predicted molar refractivity (Wildman–Crippen MR) is 133 cm³/mol. The predicted octanol–water partition coefficient (Wildman–Crippen LogP) is 6.06. The molecular formula is C27H29F4N5O. The third kappa shape index (κ3) is 4.53. The van der Waals surface area contributed by atoms with Crippen molar-refractivity contribution in [2.24, 2.45) is 7.05 Å². The summed E-state index contributed by atoms with van der Waals surface area (Å²) in [5.74, 6) is 0.114. The largest absolute Gasteiger partial charge is 0.416 e. The van der Waals surface area contributed by atoms with Gasteiger partial charge >= 0.3 is 12.2 Å². The van der Waals surface area contributed by atoms with Crippen molar-refractivity contribution in [3.63, 3.8) is 0 Å². The Hall–Kier alpha value is -3.56. The number of carbonyl (C=O) groups excluding carboxylic acids is 1. The number of benzene rings is 2. The highest BCUT2D eigenvalue weighted by Crippen LogP contribution is 2.41. The van der Waals surface area contributed by atoms with Crippen molar-refractivity contribution in [3.8, 4) is 0 Å². The molecule has 10 heteroatoms. The molecule has 0 aliphatic carbocycles. The second-order valence-corrected chi connectivity index (χ2v) is 9.81. The first-order chi connectivity index (χ1) is 17.6. The van der Waals surface area contributed by atoms with Crippen LogP contribution in [0.15, 0.2) is 48.7 Å². The van der Waals surface area contributed by atoms with E-state index in [0.717, 1.165) is 17.2 Å². The number of aromatic nitrogens is 2. The van der Waals surface area contributed by atoms with Gasteiger partial charge in [0.05, 0.1) is 23.8 Å². The number of nitrogens with zero attached hydrogens (tertiary/aromatic N) is 5. The molecule has 3 aromatic rings. The van der Waals surface area contributed by atoms with E-state index in [4.69, 9.17) is 0 Å². The molecule has 0 spiro atoms. The number of fused-ring (bicyclic) bond motifs is 1. The summed E-state index contributed by atoms with van der Waals surface area (Å²) in [5, 5.41) is 4.44. The van der Waals surface area contributed by atoms with Gasteiger partial charge in [0.2, 0.25) is 0 Å². The van der Waals surface area contributed by atoms with Crippen LogP contribution in [0.3, 0.4) is 0 Å². The Morgan fingerprint density at radius 3 is 2.43 bits per heavy atom. The van der Waals surface area contributed by atoms with Gasteiger partial charge in [-0.25, -0.2) is 9.18 Å². The monoisotopic (exact) mass is 515 g/mol. The van der Waals surface area contributed by atoms with Crippen LogP contribution >= 0.6 is 0 Å². The lowest BCUT2D eigenvalue weighted by Crippen LogP contribution is -2.55. The fourth-order valence-corrected chi connectivity index (χ4v) is 5.66. The first-order valence-corrected chi connectivity index (χ1v) is 12.3. The molecule has 2 aromatic carbocycles. The number of hydrogen-bond acceptors (Lipinski definition) is 3. The van der Waals surface area contributed by atoms with E-state index in [9.17, 15) is 22.4 Å². The van der Waals surface area contributed by atoms with Crippen molar-refractivity contribution < 1.29 is 22.4 Å². The fourth-order valence-electron chi connectivity index (χ4n) is 5.66. The molecule has 5 rings (SSSR count). The molecule has 6 nitrogen and oxygen atoms in total. The van der Waals surface area contributed by atoms with Gasteiger partial charge < -0.3 is 9.80 Å². The van der Waals surface area contributed by atoms with E-state index in [-0.39, 0.29) is 36.0 Å². The van der Waals surface area contributed by atoms with Crippen molar-refractivity contribution >= 4 is 17.5 Å². The number of para-hydroxylation sites is 1. The molecule has 196 valence electrons. The third-order valence-electron chi connectivity index (χ3n) is 7.43. The Morgan fingerprint density at radius 1 is 1.05 bits per heavy atom. The van der Waals surface area contributed by atoms with Crippen LogP contribution < -0.4 is 9.80 Å². The average Bonchev–Trinajstić information content (AvgIpc) is 3.24. The minimum Gasteiger partial charge on any atom is -0.369 e. The van der Waals surface area contributed by atoms with E-state index < -0.39 is 11.7 Å². The highest BCUT2D eigenvalue weighted by Gasteiger charge is 2.43. The molecule has 0 saturated carbocycles. The van der Waals surface area contributed by atoms with Crippen LogP contribution in [0.2, 0.25) is 0 Å². The lowest BCUT2D eigenvalue weighted by molar-refractivity contribution is -0.138. The van der Waals surface area contributed by atoms with Crippen LogP contribution in [0.4, 0.5) is 33.9 Å². The van der Waals surface area contributed by atoms with Crippen LogP contribution in [0, 0.1) is 12.7 Å². The molecule has 37 heavy (non-hydrogen) atoms. The Labute approximate surface area is 213 Å². The molecule has 1 atom stereocenters. The van der Waals surface area contributed by atoms with Crippen molar-refractivity contribution in [2.45, 2.75) is 51.5 Å². The maximum absolute atomic E-state index is 14.6. The number of halogens is 4. The molecular weight excluding hydrogens is 486 g/mol. The van der Waals surface area contributed by atoms with Crippen LogP contribution in [-0.2, 0) is 19.8 Å². The number of rotatable bonds is 4. The molecule has 1 saturated heterocycles. The van der Waals surface area contributed by atoms with E-state index in [1.54, 1.807) is 28.8 Å². The summed E-state index contributed by atoms with van der Waals surface area (Å²) in [7, 11) is 1.73. The highest BCUT2D eigenvalue weighted by molar-refractivity contribution is 5.94. The maximum atomic E-state index is 14.6. The summed E-state index contributed by atoms with van der Waals surface area (Å²) < 4.78 is 57.2. The van der Waals surface area contributed by atoms with E-state index in [0.29, 0.717) is 37.4 Å². The summed E-state index contributed by atoms with van der Waals surface area (Å²) >= 11 is 0. The number of aryl methyl sites for hydroxylation is 2. The topological polar surface area (TPSA) is 44.6 Å². The Morgan fingerprint density at radius 2 is 1.76 bits per heavy atom. The lowest BCUT2D eigenvalue weighted by Gasteiger charge is -2.46. The molecule has 2 aliphatic rings. The van der Waals surface area contributed by atoms with Crippen LogP contribution in [-0.4, -0.2) is 39.8 Å². The van der Waals surface area contributed by atoms with Crippen molar-refractivity contribution in [1.29, 1.82) is 0 Å². The molecule has 0 unspecified atom stereocenters. The molecule has 3 heterocycles. The van der Waals surface area contributed by atoms with Gasteiger partial charge in [-0.05, 0) is 49.9 Å². The van der Waals surface area contributed by atoms with Crippen LogP contribution in [0.1, 0.15) is 48.1 Å². The number of alkyl halides is 3. The van der Waals surface area contributed by atoms with Gasteiger partial charge in [0.15, 0.2) is 5.82 Å². The molecule has 1 aromatic heterocycles. The van der Waals surface area contributed by atoms with Gasteiger partial charge in [-0.2, -0.15) is 18.3 Å². The van der Waals surface area contributed by atoms with Crippen LogP contribution in [0.25, 0.3) is 0 Å². The van der Waals surface area contributed by atoms with E-state index in [1.807, 2.05) is 31.0 Å². The Balaban J connectivity index is 1.43. The molecule has 2 aliphatic heterocycles. The number of anilines is 2. The van der Waals surface area contributed by atoms with Crippen molar-refractivity contribution in [1.82, 2.24) is 14.7 Å². The number of amides is 2. The lowest BCUT2D eigenvalue weighted by atomic mass is 9.96. The van der Waals surface area contributed by atoms with Gasteiger partial charge in [0, 0.05) is 37.9 Å². The van der Waals surface area contributed by atoms with E-state index in [1.165, 1.54) is 23.1 Å². The minimum absolute atomic E-state index is 0.0132. The van der Waals surface area contributed by atoms with Gasteiger partial charge in [-0.1, -0.05) is 30.3 Å². The van der Waals surface area contributed by atoms with Crippen molar-refractivity contribution in [3.05, 3.63) is 76.7 Å². The minimum atomic E-state index is -4.53. The molecule has 0 bridgehead atoms. The smallest absolute Gasteiger partial charge is 0.369 e. The van der Waals surface area contributed by atoms with E-state index >= 15 is 0 Å². The van der Waals surface area contributed by atoms with Gasteiger partial charge in [0.1, 0.15) is 5.82 Å². The zero-order valence-corrected chi connectivity index (χ0v) is 21.0. The molecule has 2 amide bonds. The first kappa shape index (κ1) is 25.1. The SMILES string of the molecule is Cc1cccc(F)c1N1CCC(N2C(=O)N(Cc3ccccc3C(F)(F)F)c3nn(C)cc3[C@H]2C)CC1. The first-order valence-electron chi connectivity index (χ1n) is 12.3. The number of hydrogen-bond donors (Lipinski definition) is 0.